The van der Waals surface area contributed by atoms with E-state index in [-0.39, 0.29) is 12.5 Å². The number of carbonyl (C=O) groups is 1. The molecular weight excluding hydrogens is 268 g/mol. The van der Waals surface area contributed by atoms with E-state index in [1.54, 1.807) is 13.0 Å². The molecule has 19 heavy (non-hydrogen) atoms. The van der Waals surface area contributed by atoms with E-state index in [1.807, 2.05) is 18.2 Å². The van der Waals surface area contributed by atoms with E-state index in [9.17, 15) is 4.79 Å². The van der Waals surface area contributed by atoms with Crippen LogP contribution >= 0.6 is 11.6 Å². The Morgan fingerprint density at radius 2 is 2.32 bits per heavy atom. The van der Waals surface area contributed by atoms with Crippen LogP contribution in [0.5, 0.6) is 0 Å². The van der Waals surface area contributed by atoms with Crippen LogP contribution in [0.3, 0.4) is 0 Å². The number of aliphatic carboxylic acids is 1. The molecule has 1 aromatic carbocycles. The van der Waals surface area contributed by atoms with E-state index < -0.39 is 5.97 Å². The summed E-state index contributed by atoms with van der Waals surface area (Å²) in [6.07, 6.45) is 0.491. The van der Waals surface area contributed by atoms with Crippen LogP contribution in [0.1, 0.15) is 30.8 Å². The predicted molar refractivity (Wildman–Crippen MR) is 69.0 cm³/mol. The highest BCUT2D eigenvalue weighted by Crippen LogP contribution is 2.16. The number of benzene rings is 1. The highest BCUT2D eigenvalue weighted by molar-refractivity contribution is 6.30. The normalized spacial score (nSPS) is 12.3. The fraction of sp³-hybridized carbons (Fsp3) is 0.333. The summed E-state index contributed by atoms with van der Waals surface area (Å²) >= 11 is 5.92. The Labute approximate surface area is 115 Å². The maximum absolute atomic E-state index is 10.7. The van der Waals surface area contributed by atoms with E-state index in [1.165, 1.54) is 4.68 Å². The van der Waals surface area contributed by atoms with Gasteiger partial charge in [-0.3, -0.25) is 4.79 Å². The molecule has 7 heteroatoms. The Bertz CT molecular complexity index is 585. The van der Waals surface area contributed by atoms with Gasteiger partial charge in [0.15, 0.2) is 5.82 Å². The van der Waals surface area contributed by atoms with Crippen LogP contribution in [-0.2, 0) is 11.2 Å². The van der Waals surface area contributed by atoms with Crippen molar-refractivity contribution in [3.8, 4) is 0 Å². The molecule has 100 valence electrons. The van der Waals surface area contributed by atoms with Gasteiger partial charge < -0.3 is 5.11 Å². The summed E-state index contributed by atoms with van der Waals surface area (Å²) < 4.78 is 1.54. The fourth-order valence-electron chi connectivity index (χ4n) is 1.84. The lowest BCUT2D eigenvalue weighted by atomic mass is 10.1. The molecular formula is C12H13ClN4O2. The van der Waals surface area contributed by atoms with Gasteiger partial charge in [0.1, 0.15) is 0 Å². The highest BCUT2D eigenvalue weighted by Gasteiger charge is 2.16. The SMILES string of the molecule is CC(CC(=O)O)n1nnnc1Cc1cccc(Cl)c1. The number of hydrogen-bond acceptors (Lipinski definition) is 4. The topological polar surface area (TPSA) is 80.9 Å². The quantitative estimate of drug-likeness (QED) is 0.905. The monoisotopic (exact) mass is 280 g/mol. The average Bonchev–Trinajstić information content (AvgIpc) is 2.76. The Hall–Kier alpha value is -1.95. The molecule has 1 heterocycles. The molecule has 0 saturated carbocycles. The second-order valence-corrected chi connectivity index (χ2v) is 4.73. The van der Waals surface area contributed by atoms with E-state index in [2.05, 4.69) is 15.5 Å². The summed E-state index contributed by atoms with van der Waals surface area (Å²) in [6, 6.07) is 7.12. The van der Waals surface area contributed by atoms with Crippen LogP contribution in [0, 0.1) is 0 Å². The predicted octanol–water partition coefficient (Wildman–Crippen LogP) is 1.95. The molecule has 0 aliphatic carbocycles. The summed E-state index contributed by atoms with van der Waals surface area (Å²) in [6.45, 7) is 1.77. The maximum atomic E-state index is 10.7. The molecule has 2 aromatic rings. The number of nitrogens with zero attached hydrogens (tertiary/aromatic N) is 4. The van der Waals surface area contributed by atoms with Crippen LogP contribution < -0.4 is 0 Å². The molecule has 0 aliphatic rings. The summed E-state index contributed by atoms with van der Waals surface area (Å²) in [4.78, 5) is 10.7. The Balaban J connectivity index is 2.18. The molecule has 1 atom stereocenters. The molecule has 0 fully saturated rings. The number of rotatable bonds is 5. The van der Waals surface area contributed by atoms with E-state index >= 15 is 0 Å². The maximum Gasteiger partial charge on any atom is 0.305 e. The van der Waals surface area contributed by atoms with Crippen LogP contribution in [0.25, 0.3) is 0 Å². The zero-order valence-corrected chi connectivity index (χ0v) is 11.1. The lowest BCUT2D eigenvalue weighted by Crippen LogP contribution is -2.15. The minimum atomic E-state index is -0.878. The Kier molecular flexibility index (Phi) is 4.11. The summed E-state index contributed by atoms with van der Waals surface area (Å²) in [5, 5.41) is 20.8. The number of aromatic nitrogens is 4. The minimum Gasteiger partial charge on any atom is -0.481 e. The van der Waals surface area contributed by atoms with E-state index in [0.29, 0.717) is 17.3 Å². The van der Waals surface area contributed by atoms with Crippen molar-refractivity contribution in [2.45, 2.75) is 25.8 Å². The van der Waals surface area contributed by atoms with Gasteiger partial charge in [-0.15, -0.1) is 5.10 Å². The third-order valence-electron chi connectivity index (χ3n) is 2.70. The lowest BCUT2D eigenvalue weighted by Gasteiger charge is -2.11. The number of carboxylic acid groups (broad SMARTS) is 1. The molecule has 1 aromatic heterocycles. The molecule has 1 N–H and O–H groups in total. The molecule has 0 radical (unpaired) electrons. The fourth-order valence-corrected chi connectivity index (χ4v) is 2.05. The molecule has 6 nitrogen and oxygen atoms in total. The van der Waals surface area contributed by atoms with Crippen LogP contribution in [0.2, 0.25) is 5.02 Å². The third kappa shape index (κ3) is 3.51. The van der Waals surface area contributed by atoms with Gasteiger partial charge in [-0.1, -0.05) is 23.7 Å². The van der Waals surface area contributed by atoms with Gasteiger partial charge in [0, 0.05) is 11.4 Å². The molecule has 2 rings (SSSR count). The third-order valence-corrected chi connectivity index (χ3v) is 2.93. The van der Waals surface area contributed by atoms with E-state index in [4.69, 9.17) is 16.7 Å². The van der Waals surface area contributed by atoms with E-state index in [0.717, 1.165) is 5.56 Å². The van der Waals surface area contributed by atoms with Crippen LogP contribution in [0.4, 0.5) is 0 Å². The van der Waals surface area contributed by atoms with Crippen molar-refractivity contribution in [2.24, 2.45) is 0 Å². The lowest BCUT2D eigenvalue weighted by molar-refractivity contribution is -0.137. The van der Waals surface area contributed by atoms with Crippen molar-refractivity contribution in [3.05, 3.63) is 40.7 Å². The van der Waals surface area contributed by atoms with Crippen molar-refractivity contribution in [1.29, 1.82) is 0 Å². The first-order valence-corrected chi connectivity index (χ1v) is 6.17. The number of halogens is 1. The van der Waals surface area contributed by atoms with Gasteiger partial charge in [0.25, 0.3) is 0 Å². The highest BCUT2D eigenvalue weighted by atomic mass is 35.5. The molecule has 0 bridgehead atoms. The second-order valence-electron chi connectivity index (χ2n) is 4.29. The Morgan fingerprint density at radius 1 is 1.53 bits per heavy atom. The molecule has 0 amide bonds. The van der Waals surface area contributed by atoms with Gasteiger partial charge in [0.2, 0.25) is 0 Å². The van der Waals surface area contributed by atoms with Crippen molar-refractivity contribution in [3.63, 3.8) is 0 Å². The Morgan fingerprint density at radius 3 is 3.00 bits per heavy atom. The largest absolute Gasteiger partial charge is 0.481 e. The summed E-state index contributed by atoms with van der Waals surface area (Å²) in [5.74, 6) is -0.257. The first-order valence-electron chi connectivity index (χ1n) is 5.79. The minimum absolute atomic E-state index is 0.0203. The van der Waals surface area contributed by atoms with Gasteiger partial charge in [-0.25, -0.2) is 4.68 Å². The molecule has 0 aliphatic heterocycles. The molecule has 0 spiro atoms. The summed E-state index contributed by atoms with van der Waals surface area (Å²) in [7, 11) is 0. The summed E-state index contributed by atoms with van der Waals surface area (Å²) in [5.41, 5.74) is 0.978. The van der Waals surface area contributed by atoms with Crippen molar-refractivity contribution in [1.82, 2.24) is 20.2 Å². The second kappa shape index (κ2) is 5.79. The average molecular weight is 281 g/mol. The molecule has 1 unspecified atom stereocenters. The number of carboxylic acids is 1. The molecule has 0 saturated heterocycles. The van der Waals surface area contributed by atoms with Gasteiger partial charge in [-0.05, 0) is 35.0 Å². The van der Waals surface area contributed by atoms with Crippen molar-refractivity contribution in [2.75, 3.05) is 0 Å². The van der Waals surface area contributed by atoms with Gasteiger partial charge in [0.05, 0.1) is 12.5 Å². The zero-order chi connectivity index (χ0) is 13.8. The first-order chi connectivity index (χ1) is 9.06. The standard InChI is InChI=1S/C12H13ClN4O2/c1-8(5-12(18)19)17-11(14-15-16-17)7-9-3-2-4-10(13)6-9/h2-4,6,8H,5,7H2,1H3,(H,18,19). The zero-order valence-electron chi connectivity index (χ0n) is 10.3. The van der Waals surface area contributed by atoms with Crippen molar-refractivity contribution < 1.29 is 9.90 Å². The van der Waals surface area contributed by atoms with Crippen LogP contribution in [0.15, 0.2) is 24.3 Å². The smallest absolute Gasteiger partial charge is 0.305 e. The number of tetrazole rings is 1. The van der Waals surface area contributed by atoms with Crippen LogP contribution in [-0.4, -0.2) is 31.3 Å². The van der Waals surface area contributed by atoms with Crippen molar-refractivity contribution >= 4 is 17.6 Å². The number of hydrogen-bond donors (Lipinski definition) is 1. The van der Waals surface area contributed by atoms with Gasteiger partial charge >= 0.3 is 5.97 Å². The van der Waals surface area contributed by atoms with Gasteiger partial charge in [-0.2, -0.15) is 0 Å². The first kappa shape index (κ1) is 13.5.